The highest BCUT2D eigenvalue weighted by Crippen LogP contribution is 2.46. The molecule has 0 spiro atoms. The van der Waals surface area contributed by atoms with E-state index < -0.39 is 5.79 Å². The van der Waals surface area contributed by atoms with E-state index in [9.17, 15) is 4.79 Å². The molecule has 44 heavy (non-hydrogen) atoms. The number of urea groups is 1. The van der Waals surface area contributed by atoms with Crippen LogP contribution in [0.5, 0.6) is 5.75 Å². The molecule has 3 aliphatic rings. The molecule has 2 aromatic carbocycles. The van der Waals surface area contributed by atoms with Gasteiger partial charge in [0.25, 0.3) is 0 Å². The van der Waals surface area contributed by atoms with Crippen molar-refractivity contribution in [1.82, 2.24) is 20.3 Å². The normalized spacial score (nSPS) is 22.5. The van der Waals surface area contributed by atoms with Crippen molar-refractivity contribution in [2.45, 2.75) is 57.6 Å². The van der Waals surface area contributed by atoms with Crippen LogP contribution in [0, 0.1) is 5.92 Å². The molecule has 2 saturated heterocycles. The first-order valence-electron chi connectivity index (χ1n) is 15.6. The standard InChI is InChI=1S/C32H42N8O4/c1-3-24(2)36-31(41)39(23-33)28-8-6-26(7-9-28)37-16-18-38(19-17-37)27-10-12-29(13-11-27)42-20-30-21-43-32(44-30,25-4-5-25)22-40-34-14-15-35-40/h6-15,23-25,30,33H,3-5,16-22H2,1-2H3,(H,36,41)/p+1. The molecule has 2 amide bonds. The molecule has 0 bridgehead atoms. The number of amides is 2. The Kier molecular flexibility index (Phi) is 8.99. The van der Waals surface area contributed by atoms with E-state index in [-0.39, 0.29) is 18.2 Å². The van der Waals surface area contributed by atoms with Crippen molar-refractivity contribution >= 4 is 29.4 Å². The van der Waals surface area contributed by atoms with Gasteiger partial charge >= 0.3 is 6.03 Å². The Labute approximate surface area is 258 Å². The zero-order valence-electron chi connectivity index (χ0n) is 25.5. The van der Waals surface area contributed by atoms with Gasteiger partial charge in [-0.1, -0.05) is 6.92 Å². The van der Waals surface area contributed by atoms with E-state index in [4.69, 9.17) is 19.6 Å². The lowest BCUT2D eigenvalue weighted by molar-refractivity contribution is -0.198. The van der Waals surface area contributed by atoms with Gasteiger partial charge in [0.05, 0.1) is 19.0 Å². The Morgan fingerprint density at radius 1 is 1.07 bits per heavy atom. The second kappa shape index (κ2) is 13.2. The number of rotatable bonds is 12. The maximum absolute atomic E-state index is 12.6. The molecule has 1 aromatic heterocycles. The summed E-state index contributed by atoms with van der Waals surface area (Å²) in [7, 11) is 0. The van der Waals surface area contributed by atoms with Gasteiger partial charge in [-0.2, -0.15) is 15.0 Å². The van der Waals surface area contributed by atoms with Crippen LogP contribution in [0.2, 0.25) is 0 Å². The van der Waals surface area contributed by atoms with Crippen LogP contribution in [0.1, 0.15) is 33.1 Å². The highest BCUT2D eigenvalue weighted by molar-refractivity contribution is 6.06. The minimum atomic E-state index is -0.659. The fourth-order valence-corrected chi connectivity index (χ4v) is 5.78. The van der Waals surface area contributed by atoms with Gasteiger partial charge in [0.1, 0.15) is 30.7 Å². The van der Waals surface area contributed by atoms with Crippen LogP contribution in [0.15, 0.2) is 60.9 Å². The monoisotopic (exact) mass is 603 g/mol. The van der Waals surface area contributed by atoms with Crippen molar-refractivity contribution in [3.63, 3.8) is 0 Å². The van der Waals surface area contributed by atoms with Gasteiger partial charge in [-0.25, -0.2) is 4.79 Å². The van der Waals surface area contributed by atoms with Crippen LogP contribution < -0.4 is 30.2 Å². The second-order valence-corrected chi connectivity index (χ2v) is 11.8. The van der Waals surface area contributed by atoms with Crippen molar-refractivity contribution in [3.05, 3.63) is 60.9 Å². The summed E-state index contributed by atoms with van der Waals surface area (Å²) < 4.78 is 18.7. The number of aromatic nitrogens is 3. The summed E-state index contributed by atoms with van der Waals surface area (Å²) in [5, 5.41) is 17.2. The highest BCUT2D eigenvalue weighted by Gasteiger charge is 2.53. The first kappa shape index (κ1) is 29.9. The molecule has 3 N–H and O–H groups in total. The van der Waals surface area contributed by atoms with Gasteiger partial charge in [0.2, 0.25) is 6.34 Å². The SMILES string of the molecule is CCC(C)NC(=O)N(C=[NH2+])c1ccc(N2CCN(c3ccc(OCC4COC(Cn5nccn5)(C5CC5)O4)cc3)CC2)cc1. The number of carbonyl (C=O) groups excluding carboxylic acids is 1. The van der Waals surface area contributed by atoms with Crippen LogP contribution in [-0.2, 0) is 16.0 Å². The average molecular weight is 604 g/mol. The number of nitrogens with one attached hydrogen (secondary N) is 1. The van der Waals surface area contributed by atoms with E-state index in [1.165, 1.54) is 16.9 Å². The van der Waals surface area contributed by atoms with Gasteiger partial charge in [-0.15, -0.1) is 4.90 Å². The van der Waals surface area contributed by atoms with Crippen molar-refractivity contribution in [2.75, 3.05) is 54.1 Å². The first-order chi connectivity index (χ1) is 21.5. The number of hydrogen-bond donors (Lipinski definition) is 2. The molecule has 3 aromatic rings. The van der Waals surface area contributed by atoms with E-state index in [0.29, 0.717) is 25.7 Å². The third-order valence-corrected chi connectivity index (χ3v) is 8.67. The van der Waals surface area contributed by atoms with E-state index in [2.05, 4.69) is 37.4 Å². The molecule has 12 nitrogen and oxygen atoms in total. The number of piperazine rings is 1. The Balaban J connectivity index is 0.967. The number of hydrogen-bond acceptors (Lipinski definition) is 8. The summed E-state index contributed by atoms with van der Waals surface area (Å²) in [4.78, 5) is 20.4. The minimum absolute atomic E-state index is 0.0792. The summed E-state index contributed by atoms with van der Waals surface area (Å²) in [5.41, 5.74) is 3.04. The lowest BCUT2D eigenvalue weighted by atomic mass is 10.1. The van der Waals surface area contributed by atoms with Crippen LogP contribution in [0.3, 0.4) is 0 Å². The Morgan fingerprint density at radius 3 is 2.25 bits per heavy atom. The van der Waals surface area contributed by atoms with Gasteiger partial charge in [-0.05, 0) is 74.7 Å². The predicted octanol–water partition coefficient (Wildman–Crippen LogP) is 2.31. The molecule has 3 atom stereocenters. The number of carbonyl (C=O) groups is 1. The van der Waals surface area contributed by atoms with E-state index in [0.717, 1.165) is 62.6 Å². The van der Waals surface area contributed by atoms with Crippen molar-refractivity contribution < 1.29 is 24.4 Å². The van der Waals surface area contributed by atoms with Gasteiger partial charge in [0, 0.05) is 49.5 Å². The maximum atomic E-state index is 12.6. The van der Waals surface area contributed by atoms with Gasteiger partial charge < -0.3 is 29.3 Å². The minimum Gasteiger partial charge on any atom is -0.491 e. The number of nitrogens with zero attached hydrogens (tertiary/aromatic N) is 6. The van der Waals surface area contributed by atoms with Crippen molar-refractivity contribution in [1.29, 1.82) is 0 Å². The fourth-order valence-electron chi connectivity index (χ4n) is 5.78. The van der Waals surface area contributed by atoms with E-state index >= 15 is 0 Å². The number of ether oxygens (including phenoxy) is 3. The maximum Gasteiger partial charge on any atom is 0.413 e. The molecule has 3 heterocycles. The molecule has 2 aliphatic heterocycles. The summed E-state index contributed by atoms with van der Waals surface area (Å²) in [6, 6.07) is 16.1. The van der Waals surface area contributed by atoms with Crippen LogP contribution >= 0.6 is 0 Å². The van der Waals surface area contributed by atoms with Crippen LogP contribution in [0.25, 0.3) is 0 Å². The zero-order chi connectivity index (χ0) is 30.5. The predicted molar refractivity (Wildman–Crippen MR) is 168 cm³/mol. The molecule has 6 rings (SSSR count). The molecular formula is C32H43N8O4+. The molecule has 3 unspecified atom stereocenters. The summed E-state index contributed by atoms with van der Waals surface area (Å²) >= 11 is 0. The second-order valence-electron chi connectivity index (χ2n) is 11.8. The fraction of sp³-hybridized carbons (Fsp3) is 0.500. The zero-order valence-corrected chi connectivity index (χ0v) is 25.5. The molecule has 12 heteroatoms. The highest BCUT2D eigenvalue weighted by atomic mass is 16.8. The van der Waals surface area contributed by atoms with Gasteiger partial charge in [-0.3, -0.25) is 5.41 Å². The van der Waals surface area contributed by atoms with E-state index in [1.54, 1.807) is 17.2 Å². The third-order valence-electron chi connectivity index (χ3n) is 8.67. The van der Waals surface area contributed by atoms with E-state index in [1.807, 2.05) is 50.2 Å². The van der Waals surface area contributed by atoms with Crippen molar-refractivity contribution in [2.24, 2.45) is 5.92 Å². The smallest absolute Gasteiger partial charge is 0.413 e. The Hall–Kier alpha value is -4.16. The average Bonchev–Trinajstić information content (AvgIpc) is 3.66. The molecule has 234 valence electrons. The lowest BCUT2D eigenvalue weighted by Crippen LogP contribution is -2.50. The largest absolute Gasteiger partial charge is 0.491 e. The molecule has 1 aliphatic carbocycles. The topological polar surface area (TPSA) is 123 Å². The number of anilines is 3. The molecular weight excluding hydrogens is 560 g/mol. The number of benzene rings is 2. The Morgan fingerprint density at radius 2 is 1.68 bits per heavy atom. The summed E-state index contributed by atoms with van der Waals surface area (Å²) in [6.07, 6.45) is 7.57. The lowest BCUT2D eigenvalue weighted by Gasteiger charge is -2.37. The van der Waals surface area contributed by atoms with Crippen LogP contribution in [0.4, 0.5) is 21.9 Å². The third kappa shape index (κ3) is 6.81. The number of nitrogens with two attached hydrogens (primary N) is 1. The molecule has 0 radical (unpaired) electrons. The van der Waals surface area contributed by atoms with Crippen LogP contribution in [-0.4, -0.2) is 84.7 Å². The Bertz CT molecular complexity index is 1370. The van der Waals surface area contributed by atoms with Gasteiger partial charge in [0.15, 0.2) is 5.79 Å². The quantitative estimate of drug-likeness (QED) is 0.239. The summed E-state index contributed by atoms with van der Waals surface area (Å²) in [6.45, 7) is 9.04. The summed E-state index contributed by atoms with van der Waals surface area (Å²) in [5.74, 6) is 0.536. The first-order valence-corrected chi connectivity index (χ1v) is 15.6. The van der Waals surface area contributed by atoms with Crippen molar-refractivity contribution in [3.8, 4) is 5.75 Å². The molecule has 1 saturated carbocycles. The molecule has 3 fully saturated rings.